The van der Waals surface area contributed by atoms with Crippen LogP contribution in [0.3, 0.4) is 0 Å². The summed E-state index contributed by atoms with van der Waals surface area (Å²) in [7, 11) is 0. The summed E-state index contributed by atoms with van der Waals surface area (Å²) in [5, 5.41) is 10.6. The van der Waals surface area contributed by atoms with E-state index in [1.807, 2.05) is 30.3 Å². The standard InChI is InChI=1S/C12H10N2O4/c15-11-8-9(10(8)14(17)18)12(16)13(11)6-7-4-2-1-3-5-7/h1-5,8-10H,6H2. The zero-order valence-corrected chi connectivity index (χ0v) is 9.35. The molecule has 0 radical (unpaired) electrons. The number of nitro groups is 1. The van der Waals surface area contributed by atoms with Gasteiger partial charge in [0, 0.05) is 4.92 Å². The molecule has 18 heavy (non-hydrogen) atoms. The Balaban J connectivity index is 1.76. The van der Waals surface area contributed by atoms with Gasteiger partial charge in [-0.25, -0.2) is 0 Å². The third-order valence-corrected chi connectivity index (χ3v) is 3.51. The fourth-order valence-corrected chi connectivity index (χ4v) is 2.55. The predicted octanol–water partition coefficient (Wildman–Crippen LogP) is 0.447. The van der Waals surface area contributed by atoms with Crippen LogP contribution in [0.15, 0.2) is 30.3 Å². The average Bonchev–Trinajstić information content (AvgIpc) is 3.05. The van der Waals surface area contributed by atoms with Crippen LogP contribution >= 0.6 is 0 Å². The van der Waals surface area contributed by atoms with Crippen molar-refractivity contribution in [1.29, 1.82) is 0 Å². The van der Waals surface area contributed by atoms with Crippen molar-refractivity contribution in [1.82, 2.24) is 4.90 Å². The first-order valence-corrected chi connectivity index (χ1v) is 5.64. The predicted molar refractivity (Wildman–Crippen MR) is 59.8 cm³/mol. The lowest BCUT2D eigenvalue weighted by Gasteiger charge is -2.16. The normalized spacial score (nSPS) is 29.3. The van der Waals surface area contributed by atoms with Crippen LogP contribution in [0.5, 0.6) is 0 Å². The maximum atomic E-state index is 11.9. The van der Waals surface area contributed by atoms with E-state index < -0.39 is 34.6 Å². The molecule has 2 aliphatic rings. The van der Waals surface area contributed by atoms with Gasteiger partial charge in [-0.2, -0.15) is 0 Å². The molecule has 0 aromatic heterocycles. The molecule has 1 aromatic carbocycles. The molecule has 2 unspecified atom stereocenters. The minimum atomic E-state index is -0.989. The van der Waals surface area contributed by atoms with E-state index >= 15 is 0 Å². The largest absolute Gasteiger partial charge is 0.277 e. The smallest absolute Gasteiger partial charge is 0.240 e. The van der Waals surface area contributed by atoms with Crippen LogP contribution in [0.2, 0.25) is 0 Å². The Morgan fingerprint density at radius 1 is 1.11 bits per heavy atom. The molecule has 3 rings (SSSR count). The molecule has 0 N–H and O–H groups in total. The molecule has 1 aliphatic carbocycles. The number of fused-ring (bicyclic) bond motifs is 1. The van der Waals surface area contributed by atoms with Crippen LogP contribution in [0, 0.1) is 22.0 Å². The van der Waals surface area contributed by atoms with Crippen LogP contribution < -0.4 is 0 Å². The Morgan fingerprint density at radius 2 is 1.67 bits per heavy atom. The van der Waals surface area contributed by atoms with Crippen LogP contribution in [-0.4, -0.2) is 27.7 Å². The number of rotatable bonds is 3. The lowest BCUT2D eigenvalue weighted by atomic mass is 10.2. The molecule has 1 saturated carbocycles. The summed E-state index contributed by atoms with van der Waals surface area (Å²) < 4.78 is 0. The minimum absolute atomic E-state index is 0.204. The maximum absolute atomic E-state index is 11.9. The van der Waals surface area contributed by atoms with Crippen molar-refractivity contribution < 1.29 is 14.5 Å². The highest BCUT2D eigenvalue weighted by Crippen LogP contribution is 2.49. The van der Waals surface area contributed by atoms with Gasteiger partial charge in [-0.3, -0.25) is 24.6 Å². The summed E-state index contributed by atoms with van der Waals surface area (Å²) in [6.45, 7) is 0.204. The number of benzene rings is 1. The van der Waals surface area contributed by atoms with Crippen molar-refractivity contribution >= 4 is 11.8 Å². The van der Waals surface area contributed by atoms with Crippen molar-refractivity contribution in [2.75, 3.05) is 0 Å². The van der Waals surface area contributed by atoms with Crippen molar-refractivity contribution in [3.8, 4) is 0 Å². The number of hydrogen-bond acceptors (Lipinski definition) is 4. The van der Waals surface area contributed by atoms with Gasteiger partial charge in [-0.05, 0) is 5.56 Å². The van der Waals surface area contributed by atoms with Gasteiger partial charge in [0.2, 0.25) is 17.9 Å². The first-order chi connectivity index (χ1) is 8.61. The van der Waals surface area contributed by atoms with Crippen LogP contribution in [0.4, 0.5) is 0 Å². The second kappa shape index (κ2) is 3.63. The van der Waals surface area contributed by atoms with E-state index in [-0.39, 0.29) is 6.54 Å². The monoisotopic (exact) mass is 246 g/mol. The second-order valence-electron chi connectivity index (χ2n) is 4.58. The number of piperidine rings is 1. The Bertz CT molecular complexity index is 520. The number of nitrogens with zero attached hydrogens (tertiary/aromatic N) is 2. The third-order valence-electron chi connectivity index (χ3n) is 3.51. The Morgan fingerprint density at radius 3 is 2.17 bits per heavy atom. The van der Waals surface area contributed by atoms with E-state index in [2.05, 4.69) is 0 Å². The van der Waals surface area contributed by atoms with Crippen LogP contribution in [-0.2, 0) is 16.1 Å². The molecule has 0 bridgehead atoms. The molecule has 92 valence electrons. The highest BCUT2D eigenvalue weighted by molar-refractivity contribution is 6.10. The first kappa shape index (κ1) is 10.9. The molecule has 1 aliphatic heterocycles. The maximum Gasteiger partial charge on any atom is 0.240 e. The van der Waals surface area contributed by atoms with E-state index in [0.29, 0.717) is 0 Å². The fraction of sp³-hybridized carbons (Fsp3) is 0.333. The highest BCUT2D eigenvalue weighted by atomic mass is 16.6. The molecule has 6 nitrogen and oxygen atoms in total. The van der Waals surface area contributed by atoms with Crippen molar-refractivity contribution in [2.45, 2.75) is 12.6 Å². The lowest BCUT2D eigenvalue weighted by molar-refractivity contribution is -0.500. The van der Waals surface area contributed by atoms with Gasteiger partial charge in [-0.1, -0.05) is 30.3 Å². The molecule has 1 aromatic rings. The van der Waals surface area contributed by atoms with Crippen molar-refractivity contribution in [3.05, 3.63) is 46.0 Å². The quantitative estimate of drug-likeness (QED) is 0.440. The topological polar surface area (TPSA) is 80.5 Å². The van der Waals surface area contributed by atoms with Crippen molar-refractivity contribution in [2.24, 2.45) is 11.8 Å². The van der Waals surface area contributed by atoms with Gasteiger partial charge < -0.3 is 0 Å². The highest BCUT2D eigenvalue weighted by Gasteiger charge is 2.75. The summed E-state index contributed by atoms with van der Waals surface area (Å²) in [4.78, 5) is 35.0. The first-order valence-electron chi connectivity index (χ1n) is 5.64. The minimum Gasteiger partial charge on any atom is -0.277 e. The lowest BCUT2D eigenvalue weighted by Crippen LogP contribution is -2.36. The SMILES string of the molecule is O=C1C2C(C(=O)N1Cc1ccccc1)C2[N+](=O)[O-]. The zero-order chi connectivity index (χ0) is 12.9. The third kappa shape index (κ3) is 1.42. The molecular weight excluding hydrogens is 236 g/mol. The number of likely N-dealkylation sites (tertiary alicyclic amines) is 1. The summed E-state index contributed by atoms with van der Waals surface area (Å²) in [6, 6.07) is 8.13. The number of hydrogen-bond donors (Lipinski definition) is 0. The van der Waals surface area contributed by atoms with Gasteiger partial charge in [0.15, 0.2) is 0 Å². The average molecular weight is 246 g/mol. The van der Waals surface area contributed by atoms with Gasteiger partial charge in [-0.15, -0.1) is 0 Å². The Kier molecular flexibility index (Phi) is 2.19. The molecule has 2 fully saturated rings. The Labute approximate surface area is 102 Å². The molecule has 2 atom stereocenters. The van der Waals surface area contributed by atoms with E-state index in [0.717, 1.165) is 10.5 Å². The summed E-state index contributed by atoms with van der Waals surface area (Å²) in [5.41, 5.74) is 0.846. The molecule has 6 heteroatoms. The number of imide groups is 1. The molecule has 1 saturated heterocycles. The molecule has 0 spiro atoms. The van der Waals surface area contributed by atoms with Gasteiger partial charge in [0.1, 0.15) is 11.8 Å². The van der Waals surface area contributed by atoms with E-state index in [9.17, 15) is 19.7 Å². The number of amides is 2. The van der Waals surface area contributed by atoms with Gasteiger partial charge in [0.25, 0.3) is 0 Å². The van der Waals surface area contributed by atoms with Crippen molar-refractivity contribution in [3.63, 3.8) is 0 Å². The summed E-state index contributed by atoms with van der Waals surface area (Å²) >= 11 is 0. The van der Waals surface area contributed by atoms with Crippen LogP contribution in [0.25, 0.3) is 0 Å². The molecule has 1 heterocycles. The summed E-state index contributed by atoms with van der Waals surface area (Å²) in [5.74, 6) is -2.27. The Hall–Kier alpha value is -2.24. The van der Waals surface area contributed by atoms with E-state index in [4.69, 9.17) is 0 Å². The molecular formula is C12H10N2O4. The van der Waals surface area contributed by atoms with Gasteiger partial charge in [0.05, 0.1) is 6.54 Å². The zero-order valence-electron chi connectivity index (χ0n) is 9.35. The van der Waals surface area contributed by atoms with E-state index in [1.165, 1.54) is 0 Å². The molecule has 2 amide bonds. The number of carbonyl (C=O) groups excluding carboxylic acids is 2. The second-order valence-corrected chi connectivity index (χ2v) is 4.58. The number of carbonyl (C=O) groups is 2. The van der Waals surface area contributed by atoms with Crippen LogP contribution in [0.1, 0.15) is 5.56 Å². The van der Waals surface area contributed by atoms with E-state index in [1.54, 1.807) is 0 Å². The van der Waals surface area contributed by atoms with Gasteiger partial charge >= 0.3 is 0 Å². The summed E-state index contributed by atoms with van der Waals surface area (Å²) in [6.07, 6.45) is 0. The fourth-order valence-electron chi connectivity index (χ4n) is 2.55.